The maximum Gasteiger partial charge on any atom is 0.220 e. The van der Waals surface area contributed by atoms with Gasteiger partial charge in [0.25, 0.3) is 0 Å². The first-order chi connectivity index (χ1) is 11.6. The van der Waals surface area contributed by atoms with E-state index in [1.54, 1.807) is 24.7 Å². The average Bonchev–Trinajstić information content (AvgIpc) is 3.17. The molecule has 1 aliphatic carbocycles. The minimum Gasteiger partial charge on any atom is -0.391 e. The summed E-state index contributed by atoms with van der Waals surface area (Å²) >= 11 is 0. The van der Waals surface area contributed by atoms with Crippen LogP contribution in [0.1, 0.15) is 24.8 Å². The Hall–Kier alpha value is -2.21. The van der Waals surface area contributed by atoms with Crippen LogP contribution in [0.3, 0.4) is 0 Å². The number of carbonyl (C=O) groups excluding carboxylic acids is 1. The number of amides is 1. The number of rotatable bonds is 6. The number of benzene rings is 1. The normalized spacial score (nSPS) is 23.3. The van der Waals surface area contributed by atoms with E-state index in [-0.39, 0.29) is 17.8 Å². The Morgan fingerprint density at radius 1 is 1.33 bits per heavy atom. The van der Waals surface area contributed by atoms with Gasteiger partial charge in [-0.2, -0.15) is 0 Å². The number of carbonyl (C=O) groups is 1. The molecule has 0 radical (unpaired) electrons. The van der Waals surface area contributed by atoms with Crippen LogP contribution in [0.2, 0.25) is 0 Å². The Balaban J connectivity index is 1.44. The van der Waals surface area contributed by atoms with Crippen molar-refractivity contribution in [3.05, 3.63) is 54.4 Å². The number of halogens is 1. The van der Waals surface area contributed by atoms with E-state index in [2.05, 4.69) is 10.3 Å². The third kappa shape index (κ3) is 4.41. The van der Waals surface area contributed by atoms with Gasteiger partial charge in [0.05, 0.1) is 18.5 Å². The number of aliphatic hydroxyl groups excluding tert-OH is 1. The van der Waals surface area contributed by atoms with Crippen molar-refractivity contribution in [3.8, 4) is 0 Å². The molecule has 3 rings (SSSR count). The number of nitrogens with one attached hydrogen (secondary N) is 1. The summed E-state index contributed by atoms with van der Waals surface area (Å²) < 4.78 is 14.9. The zero-order chi connectivity index (χ0) is 16.9. The van der Waals surface area contributed by atoms with Gasteiger partial charge in [0.15, 0.2) is 0 Å². The second-order valence-corrected chi connectivity index (χ2v) is 6.46. The smallest absolute Gasteiger partial charge is 0.220 e. The molecule has 0 bridgehead atoms. The summed E-state index contributed by atoms with van der Waals surface area (Å²) in [5.41, 5.74) is 0.927. The molecule has 1 amide bonds. The second-order valence-electron chi connectivity index (χ2n) is 6.46. The first-order valence-electron chi connectivity index (χ1n) is 8.28. The molecule has 128 valence electrons. The maximum absolute atomic E-state index is 12.9. The Labute approximate surface area is 140 Å². The fourth-order valence-electron chi connectivity index (χ4n) is 3.30. The number of aromatic nitrogens is 2. The average molecular weight is 331 g/mol. The van der Waals surface area contributed by atoms with Gasteiger partial charge in [0.2, 0.25) is 5.91 Å². The van der Waals surface area contributed by atoms with Gasteiger partial charge in [0, 0.05) is 25.4 Å². The summed E-state index contributed by atoms with van der Waals surface area (Å²) in [5.74, 6) is -0.0236. The topological polar surface area (TPSA) is 67.2 Å². The van der Waals surface area contributed by atoms with Crippen LogP contribution >= 0.6 is 0 Å². The zero-order valence-corrected chi connectivity index (χ0v) is 13.4. The molecule has 24 heavy (non-hydrogen) atoms. The number of aryl methyl sites for hydroxylation is 1. The molecule has 2 N–H and O–H groups in total. The van der Waals surface area contributed by atoms with Gasteiger partial charge in [-0.3, -0.25) is 4.79 Å². The standard InChI is InChI=1S/C18H22FN3O2/c19-15-4-1-13(2-5-15)3-6-18(24)21-16-9-14(10-17(16)23)11-22-8-7-20-12-22/h1-2,4-5,7-8,12,14,16-17,23H,3,6,9-11H2,(H,21,24)/t14?,16-,17-/m1/s1. The maximum atomic E-state index is 12.9. The van der Waals surface area contributed by atoms with E-state index >= 15 is 0 Å². The highest BCUT2D eigenvalue weighted by Crippen LogP contribution is 2.27. The van der Waals surface area contributed by atoms with Crippen LogP contribution in [-0.4, -0.2) is 32.7 Å². The van der Waals surface area contributed by atoms with E-state index in [9.17, 15) is 14.3 Å². The molecule has 0 spiro atoms. The molecule has 0 aliphatic heterocycles. The molecule has 1 aromatic carbocycles. The van der Waals surface area contributed by atoms with E-state index in [0.29, 0.717) is 25.2 Å². The molecule has 1 aliphatic rings. The highest BCUT2D eigenvalue weighted by Gasteiger charge is 2.33. The van der Waals surface area contributed by atoms with Crippen LogP contribution in [0.4, 0.5) is 4.39 Å². The summed E-state index contributed by atoms with van der Waals surface area (Å²) in [6.45, 7) is 0.805. The summed E-state index contributed by atoms with van der Waals surface area (Å²) in [4.78, 5) is 16.1. The molecular formula is C18H22FN3O2. The Bertz CT molecular complexity index is 657. The SMILES string of the molecule is O=C(CCc1ccc(F)cc1)N[C@@H]1CC(Cn2ccnc2)C[C@H]1O. The van der Waals surface area contributed by atoms with Crippen molar-refractivity contribution in [2.24, 2.45) is 5.92 Å². The monoisotopic (exact) mass is 331 g/mol. The molecular weight excluding hydrogens is 309 g/mol. The third-order valence-corrected chi connectivity index (χ3v) is 4.56. The van der Waals surface area contributed by atoms with Crippen LogP contribution in [0, 0.1) is 11.7 Å². The van der Waals surface area contributed by atoms with E-state index in [4.69, 9.17) is 0 Å². The minimum atomic E-state index is -0.506. The number of imidazole rings is 1. The molecule has 1 heterocycles. The highest BCUT2D eigenvalue weighted by molar-refractivity contribution is 5.76. The predicted molar refractivity (Wildman–Crippen MR) is 87.6 cm³/mol. The first kappa shape index (κ1) is 16.6. The van der Waals surface area contributed by atoms with Gasteiger partial charge in [-0.05, 0) is 42.9 Å². The van der Waals surface area contributed by atoms with Crippen molar-refractivity contribution in [3.63, 3.8) is 0 Å². The molecule has 1 unspecified atom stereocenters. The van der Waals surface area contributed by atoms with Gasteiger partial charge in [-0.25, -0.2) is 9.37 Å². The van der Waals surface area contributed by atoms with Crippen molar-refractivity contribution in [2.75, 3.05) is 0 Å². The number of nitrogens with zero attached hydrogens (tertiary/aromatic N) is 2. The van der Waals surface area contributed by atoms with Crippen LogP contribution in [0.25, 0.3) is 0 Å². The predicted octanol–water partition coefficient (Wildman–Crippen LogP) is 1.91. The zero-order valence-electron chi connectivity index (χ0n) is 13.4. The van der Waals surface area contributed by atoms with Crippen molar-refractivity contribution >= 4 is 5.91 Å². The van der Waals surface area contributed by atoms with Crippen molar-refractivity contribution in [2.45, 2.75) is 44.4 Å². The Kier molecular flexibility index (Phi) is 5.25. The lowest BCUT2D eigenvalue weighted by Gasteiger charge is -2.16. The summed E-state index contributed by atoms with van der Waals surface area (Å²) in [6, 6.07) is 5.98. The lowest BCUT2D eigenvalue weighted by atomic mass is 10.1. The third-order valence-electron chi connectivity index (χ3n) is 4.56. The van der Waals surface area contributed by atoms with Crippen LogP contribution in [0.15, 0.2) is 43.0 Å². The van der Waals surface area contributed by atoms with Crippen LogP contribution in [-0.2, 0) is 17.8 Å². The number of aliphatic hydroxyl groups is 1. The fourth-order valence-corrected chi connectivity index (χ4v) is 3.30. The lowest BCUT2D eigenvalue weighted by Crippen LogP contribution is -2.40. The second kappa shape index (κ2) is 7.57. The molecule has 3 atom stereocenters. The van der Waals surface area contributed by atoms with E-state index in [1.165, 1.54) is 12.1 Å². The largest absolute Gasteiger partial charge is 0.391 e. The summed E-state index contributed by atoms with van der Waals surface area (Å²) in [7, 11) is 0. The quantitative estimate of drug-likeness (QED) is 0.850. The van der Waals surface area contributed by atoms with Crippen molar-refractivity contribution in [1.82, 2.24) is 14.9 Å². The van der Waals surface area contributed by atoms with Gasteiger partial charge >= 0.3 is 0 Å². The number of hydrogen-bond acceptors (Lipinski definition) is 3. The van der Waals surface area contributed by atoms with Gasteiger partial charge in [0.1, 0.15) is 5.82 Å². The van der Waals surface area contributed by atoms with Crippen LogP contribution < -0.4 is 5.32 Å². The Morgan fingerprint density at radius 2 is 2.12 bits per heavy atom. The Morgan fingerprint density at radius 3 is 2.83 bits per heavy atom. The lowest BCUT2D eigenvalue weighted by molar-refractivity contribution is -0.122. The van der Waals surface area contributed by atoms with E-state index in [0.717, 1.165) is 18.5 Å². The number of hydrogen-bond donors (Lipinski definition) is 2. The van der Waals surface area contributed by atoms with Crippen molar-refractivity contribution in [1.29, 1.82) is 0 Å². The molecule has 1 saturated carbocycles. The van der Waals surface area contributed by atoms with Gasteiger partial charge < -0.3 is 15.0 Å². The van der Waals surface area contributed by atoms with Crippen molar-refractivity contribution < 1.29 is 14.3 Å². The highest BCUT2D eigenvalue weighted by atomic mass is 19.1. The first-order valence-corrected chi connectivity index (χ1v) is 8.28. The molecule has 0 saturated heterocycles. The van der Waals surface area contributed by atoms with Gasteiger partial charge in [-0.1, -0.05) is 12.1 Å². The summed E-state index contributed by atoms with van der Waals surface area (Å²) in [6.07, 6.45) is 7.24. The van der Waals surface area contributed by atoms with E-state index < -0.39 is 6.10 Å². The molecule has 1 aromatic heterocycles. The molecule has 6 heteroatoms. The fraction of sp³-hybridized carbons (Fsp3) is 0.444. The summed E-state index contributed by atoms with van der Waals surface area (Å²) in [5, 5.41) is 13.1. The van der Waals surface area contributed by atoms with Crippen LogP contribution in [0.5, 0.6) is 0 Å². The molecule has 2 aromatic rings. The van der Waals surface area contributed by atoms with E-state index in [1.807, 2.05) is 10.8 Å². The van der Waals surface area contributed by atoms with Gasteiger partial charge in [-0.15, -0.1) is 0 Å². The molecule has 5 nitrogen and oxygen atoms in total. The minimum absolute atomic E-state index is 0.0772. The molecule has 1 fully saturated rings.